The number of aromatic nitrogens is 1. The number of pyridine rings is 1. The molecule has 0 aliphatic carbocycles. The average molecular weight is 331 g/mol. The molecule has 1 aromatic carbocycles. The number of benzene rings is 1. The molecule has 0 fully saturated rings. The summed E-state index contributed by atoms with van der Waals surface area (Å²) in [5.74, 6) is 0.00478. The van der Waals surface area contributed by atoms with Gasteiger partial charge in [0.1, 0.15) is 0 Å². The largest absolute Gasteiger partial charge is 0.340 e. The molecule has 0 aliphatic heterocycles. The molecule has 0 N–H and O–H groups in total. The molecule has 0 spiro atoms. The van der Waals surface area contributed by atoms with Crippen molar-refractivity contribution in [2.24, 2.45) is 0 Å². The van der Waals surface area contributed by atoms with Crippen LogP contribution >= 0.6 is 11.8 Å². The third-order valence-electron chi connectivity index (χ3n) is 3.25. The smallest absolute Gasteiger partial charge is 0.269 e. The molecule has 2 aromatic rings. The Balaban J connectivity index is 1.95. The van der Waals surface area contributed by atoms with E-state index in [1.807, 2.05) is 19.1 Å². The fraction of sp³-hybridized carbons (Fsp3) is 0.250. The number of rotatable bonds is 6. The summed E-state index contributed by atoms with van der Waals surface area (Å²) in [7, 11) is 1.76. The van der Waals surface area contributed by atoms with Crippen molar-refractivity contribution in [2.75, 3.05) is 7.05 Å². The maximum atomic E-state index is 12.4. The molecule has 1 unspecified atom stereocenters. The van der Waals surface area contributed by atoms with Crippen LogP contribution in [0.4, 0.5) is 5.69 Å². The molecule has 0 saturated heterocycles. The van der Waals surface area contributed by atoms with Crippen LogP contribution in [0.25, 0.3) is 0 Å². The van der Waals surface area contributed by atoms with E-state index < -0.39 is 4.92 Å². The van der Waals surface area contributed by atoms with Gasteiger partial charge >= 0.3 is 0 Å². The fourth-order valence-electron chi connectivity index (χ4n) is 2.05. The zero-order chi connectivity index (χ0) is 16.8. The fourth-order valence-corrected chi connectivity index (χ4v) is 3.03. The molecule has 0 radical (unpaired) electrons. The monoisotopic (exact) mass is 331 g/mol. The standard InChI is InChI=1S/C16H17N3O3S/c1-12(23-15-5-3-14(4-6-15)19(21)22)16(20)18(2)11-13-7-9-17-10-8-13/h3-10,12H,11H2,1-2H3. The molecule has 0 saturated carbocycles. The maximum absolute atomic E-state index is 12.4. The molecule has 0 bridgehead atoms. The highest BCUT2D eigenvalue weighted by Gasteiger charge is 2.19. The van der Waals surface area contributed by atoms with Gasteiger partial charge in [-0.15, -0.1) is 11.8 Å². The first-order valence-corrected chi connectivity index (χ1v) is 7.90. The van der Waals surface area contributed by atoms with Gasteiger partial charge in [-0.3, -0.25) is 19.9 Å². The van der Waals surface area contributed by atoms with Crippen molar-refractivity contribution >= 4 is 23.4 Å². The Labute approximate surface area is 138 Å². The number of nitro groups is 1. The van der Waals surface area contributed by atoms with Crippen LogP contribution in [0, 0.1) is 10.1 Å². The average Bonchev–Trinajstić information content (AvgIpc) is 2.55. The number of non-ortho nitro benzene ring substituents is 1. The zero-order valence-corrected chi connectivity index (χ0v) is 13.7. The Morgan fingerprint density at radius 2 is 1.87 bits per heavy atom. The van der Waals surface area contributed by atoms with Gasteiger partial charge < -0.3 is 4.90 Å². The minimum absolute atomic E-state index is 0.00478. The van der Waals surface area contributed by atoms with Crippen LogP contribution in [-0.4, -0.2) is 33.0 Å². The van der Waals surface area contributed by atoms with Crippen LogP contribution in [0.3, 0.4) is 0 Å². The van der Waals surface area contributed by atoms with Crippen LogP contribution < -0.4 is 0 Å². The van der Waals surface area contributed by atoms with E-state index in [9.17, 15) is 14.9 Å². The first kappa shape index (κ1) is 17.0. The summed E-state index contributed by atoms with van der Waals surface area (Å²) in [4.78, 5) is 29.1. The summed E-state index contributed by atoms with van der Waals surface area (Å²) in [6.07, 6.45) is 3.39. The molecule has 1 aromatic heterocycles. The topological polar surface area (TPSA) is 76.3 Å². The van der Waals surface area contributed by atoms with E-state index >= 15 is 0 Å². The van der Waals surface area contributed by atoms with Gasteiger partial charge in [0.25, 0.3) is 5.69 Å². The highest BCUT2D eigenvalue weighted by atomic mass is 32.2. The highest BCUT2D eigenvalue weighted by Crippen LogP contribution is 2.26. The molecule has 6 nitrogen and oxygen atoms in total. The lowest BCUT2D eigenvalue weighted by atomic mass is 10.2. The predicted octanol–water partition coefficient (Wildman–Crippen LogP) is 3.13. The van der Waals surface area contributed by atoms with E-state index in [-0.39, 0.29) is 16.8 Å². The summed E-state index contributed by atoms with van der Waals surface area (Å²) >= 11 is 1.38. The summed E-state index contributed by atoms with van der Waals surface area (Å²) in [5.41, 5.74) is 1.06. The first-order valence-electron chi connectivity index (χ1n) is 7.02. The van der Waals surface area contributed by atoms with Crippen molar-refractivity contribution in [3.8, 4) is 0 Å². The van der Waals surface area contributed by atoms with Crippen molar-refractivity contribution in [1.29, 1.82) is 0 Å². The van der Waals surface area contributed by atoms with Crippen molar-refractivity contribution in [3.63, 3.8) is 0 Å². The van der Waals surface area contributed by atoms with Gasteiger partial charge in [0.05, 0.1) is 10.2 Å². The normalized spacial score (nSPS) is 11.7. The zero-order valence-electron chi connectivity index (χ0n) is 12.9. The number of carbonyl (C=O) groups is 1. The molecule has 23 heavy (non-hydrogen) atoms. The summed E-state index contributed by atoms with van der Waals surface area (Å²) in [6, 6.07) is 9.96. The van der Waals surface area contributed by atoms with Gasteiger partial charge in [-0.1, -0.05) is 0 Å². The Hall–Kier alpha value is -2.41. The number of nitrogens with zero attached hydrogens (tertiary/aromatic N) is 3. The van der Waals surface area contributed by atoms with E-state index in [2.05, 4.69) is 4.98 Å². The lowest BCUT2D eigenvalue weighted by molar-refractivity contribution is -0.384. The van der Waals surface area contributed by atoms with E-state index in [1.165, 1.54) is 23.9 Å². The summed E-state index contributed by atoms with van der Waals surface area (Å²) in [5, 5.41) is 10.4. The third kappa shape index (κ3) is 4.79. The van der Waals surface area contributed by atoms with Crippen molar-refractivity contribution in [2.45, 2.75) is 23.6 Å². The second-order valence-electron chi connectivity index (χ2n) is 5.06. The Kier molecular flexibility index (Phi) is 5.70. The second kappa shape index (κ2) is 7.73. The lowest BCUT2D eigenvalue weighted by Crippen LogP contribution is -2.32. The van der Waals surface area contributed by atoms with Gasteiger partial charge in [0, 0.05) is 43.0 Å². The number of carbonyl (C=O) groups excluding carboxylic acids is 1. The van der Waals surface area contributed by atoms with Crippen LogP contribution in [0.15, 0.2) is 53.7 Å². The number of amides is 1. The minimum Gasteiger partial charge on any atom is -0.340 e. The molecular weight excluding hydrogens is 314 g/mol. The van der Waals surface area contributed by atoms with Crippen molar-refractivity contribution < 1.29 is 9.72 Å². The number of thioether (sulfide) groups is 1. The summed E-state index contributed by atoms with van der Waals surface area (Å²) in [6.45, 7) is 2.35. The predicted molar refractivity (Wildman–Crippen MR) is 89.1 cm³/mol. The van der Waals surface area contributed by atoms with Gasteiger partial charge in [-0.05, 0) is 36.8 Å². The quantitative estimate of drug-likeness (QED) is 0.462. The van der Waals surface area contributed by atoms with E-state index in [1.54, 1.807) is 36.5 Å². The Bertz CT molecular complexity index is 677. The van der Waals surface area contributed by atoms with Gasteiger partial charge in [-0.2, -0.15) is 0 Å². The van der Waals surface area contributed by atoms with Crippen LogP contribution in [-0.2, 0) is 11.3 Å². The van der Waals surface area contributed by atoms with E-state index in [0.29, 0.717) is 6.54 Å². The van der Waals surface area contributed by atoms with Crippen LogP contribution in [0.2, 0.25) is 0 Å². The Morgan fingerprint density at radius 1 is 1.26 bits per heavy atom. The van der Waals surface area contributed by atoms with Crippen molar-refractivity contribution in [1.82, 2.24) is 9.88 Å². The molecule has 1 atom stereocenters. The van der Waals surface area contributed by atoms with E-state index in [0.717, 1.165) is 10.5 Å². The lowest BCUT2D eigenvalue weighted by Gasteiger charge is -2.21. The molecule has 1 amide bonds. The highest BCUT2D eigenvalue weighted by molar-refractivity contribution is 8.00. The molecule has 1 heterocycles. The van der Waals surface area contributed by atoms with Crippen LogP contribution in [0.1, 0.15) is 12.5 Å². The van der Waals surface area contributed by atoms with E-state index in [4.69, 9.17) is 0 Å². The summed E-state index contributed by atoms with van der Waals surface area (Å²) < 4.78 is 0. The molecule has 7 heteroatoms. The second-order valence-corrected chi connectivity index (χ2v) is 6.48. The number of nitro benzene ring substituents is 1. The Morgan fingerprint density at radius 3 is 2.43 bits per heavy atom. The first-order chi connectivity index (χ1) is 11.0. The minimum atomic E-state index is -0.439. The number of hydrogen-bond donors (Lipinski definition) is 0. The van der Waals surface area contributed by atoms with Gasteiger partial charge in [0.15, 0.2) is 0 Å². The molecule has 0 aliphatic rings. The third-order valence-corrected chi connectivity index (χ3v) is 4.35. The molecular formula is C16H17N3O3S. The van der Waals surface area contributed by atoms with Crippen LogP contribution in [0.5, 0.6) is 0 Å². The SMILES string of the molecule is CC(Sc1ccc([N+](=O)[O-])cc1)C(=O)N(C)Cc1ccncc1. The van der Waals surface area contributed by atoms with Gasteiger partial charge in [0.2, 0.25) is 5.91 Å². The number of hydrogen-bond acceptors (Lipinski definition) is 5. The molecule has 2 rings (SSSR count). The van der Waals surface area contributed by atoms with Gasteiger partial charge in [-0.25, -0.2) is 0 Å². The molecule has 120 valence electrons. The van der Waals surface area contributed by atoms with Crippen molar-refractivity contribution in [3.05, 3.63) is 64.5 Å². The maximum Gasteiger partial charge on any atom is 0.269 e.